The molecule has 31 heavy (non-hydrogen) atoms. The van der Waals surface area contributed by atoms with Crippen molar-refractivity contribution in [2.24, 2.45) is 5.73 Å². The molecule has 3 N–H and O–H groups in total. The highest BCUT2D eigenvalue weighted by molar-refractivity contribution is 5.99. The Morgan fingerprint density at radius 1 is 1.10 bits per heavy atom. The molecule has 3 aromatic rings. The molecule has 1 atom stereocenters. The number of rotatable bonds is 4. The molecule has 8 nitrogen and oxygen atoms in total. The van der Waals surface area contributed by atoms with Crippen molar-refractivity contribution in [1.82, 2.24) is 4.98 Å². The number of hydrogen-bond donors (Lipinski definition) is 2. The molecule has 2 amide bonds. The standard InChI is InChI=1S/C23H19N3O5/c1-23(22(28)26-15-5-6-18-19(10-15)30-12-29-18)11-17-16(7-8-25-21(17)31-23)13-3-2-4-14(9-13)20(24)27/h2-10H,11-12H2,1H3,(H2,24,27)(H,26,28). The number of nitrogens with two attached hydrogens (primary N) is 1. The van der Waals surface area contributed by atoms with Gasteiger partial charge in [0, 0.05) is 35.5 Å². The van der Waals surface area contributed by atoms with Crippen LogP contribution in [0.1, 0.15) is 22.8 Å². The topological polar surface area (TPSA) is 113 Å². The Bertz CT molecular complexity index is 1230. The summed E-state index contributed by atoms with van der Waals surface area (Å²) in [6, 6.07) is 14.1. The monoisotopic (exact) mass is 417 g/mol. The van der Waals surface area contributed by atoms with E-state index < -0.39 is 11.5 Å². The number of ether oxygens (including phenoxy) is 3. The summed E-state index contributed by atoms with van der Waals surface area (Å²) in [4.78, 5) is 29.0. The molecule has 0 radical (unpaired) electrons. The summed E-state index contributed by atoms with van der Waals surface area (Å²) in [7, 11) is 0. The van der Waals surface area contributed by atoms with Crippen molar-refractivity contribution in [1.29, 1.82) is 0 Å². The van der Waals surface area contributed by atoms with Crippen LogP contribution in [-0.4, -0.2) is 29.2 Å². The summed E-state index contributed by atoms with van der Waals surface area (Å²) in [6.07, 6.45) is 1.94. The predicted octanol–water partition coefficient (Wildman–Crippen LogP) is 2.91. The first kappa shape index (κ1) is 18.9. The van der Waals surface area contributed by atoms with Gasteiger partial charge in [0.15, 0.2) is 17.1 Å². The van der Waals surface area contributed by atoms with E-state index in [0.29, 0.717) is 35.1 Å². The zero-order valence-corrected chi connectivity index (χ0v) is 16.7. The van der Waals surface area contributed by atoms with Crippen molar-refractivity contribution >= 4 is 17.5 Å². The molecule has 1 unspecified atom stereocenters. The summed E-state index contributed by atoms with van der Waals surface area (Å²) >= 11 is 0. The van der Waals surface area contributed by atoms with Gasteiger partial charge in [0.05, 0.1) is 0 Å². The van der Waals surface area contributed by atoms with Crippen LogP contribution < -0.4 is 25.3 Å². The number of pyridine rings is 1. The molecule has 2 aliphatic rings. The van der Waals surface area contributed by atoms with Gasteiger partial charge < -0.3 is 25.3 Å². The predicted molar refractivity (Wildman–Crippen MR) is 112 cm³/mol. The first-order valence-electron chi connectivity index (χ1n) is 9.71. The Balaban J connectivity index is 1.42. The molecule has 0 fully saturated rings. The third kappa shape index (κ3) is 3.31. The van der Waals surface area contributed by atoms with Gasteiger partial charge in [-0.15, -0.1) is 0 Å². The van der Waals surface area contributed by atoms with E-state index in [-0.39, 0.29) is 12.7 Å². The first-order chi connectivity index (χ1) is 14.9. The van der Waals surface area contributed by atoms with E-state index >= 15 is 0 Å². The molecule has 1 aromatic heterocycles. The van der Waals surface area contributed by atoms with Crippen LogP contribution >= 0.6 is 0 Å². The van der Waals surface area contributed by atoms with Gasteiger partial charge in [-0.1, -0.05) is 12.1 Å². The second-order valence-corrected chi connectivity index (χ2v) is 7.62. The number of carbonyl (C=O) groups is 2. The third-order valence-corrected chi connectivity index (χ3v) is 5.42. The number of anilines is 1. The van der Waals surface area contributed by atoms with Crippen LogP contribution in [0.5, 0.6) is 17.4 Å². The average molecular weight is 417 g/mol. The minimum atomic E-state index is -1.15. The molecule has 0 spiro atoms. The number of primary amides is 1. The second-order valence-electron chi connectivity index (χ2n) is 7.62. The van der Waals surface area contributed by atoms with Gasteiger partial charge in [0.2, 0.25) is 18.6 Å². The Morgan fingerprint density at radius 2 is 1.94 bits per heavy atom. The molecule has 0 saturated heterocycles. The largest absolute Gasteiger partial charge is 0.461 e. The number of carbonyl (C=O) groups excluding carboxylic acids is 2. The first-order valence-corrected chi connectivity index (χ1v) is 9.71. The van der Waals surface area contributed by atoms with Crippen LogP contribution in [0.4, 0.5) is 5.69 Å². The Hall–Kier alpha value is -4.07. The minimum Gasteiger partial charge on any atom is -0.461 e. The van der Waals surface area contributed by atoms with Gasteiger partial charge in [0.1, 0.15) is 0 Å². The summed E-state index contributed by atoms with van der Waals surface area (Å²) in [5.74, 6) is 0.806. The number of nitrogens with zero attached hydrogens (tertiary/aromatic N) is 1. The summed E-state index contributed by atoms with van der Waals surface area (Å²) in [5, 5.41) is 2.88. The van der Waals surface area contributed by atoms with Crippen molar-refractivity contribution in [2.45, 2.75) is 18.9 Å². The van der Waals surface area contributed by atoms with Gasteiger partial charge in [-0.2, -0.15) is 0 Å². The molecule has 0 bridgehead atoms. The SMILES string of the molecule is CC1(C(=O)Nc2ccc3c(c2)OCO3)Cc2c(-c3cccc(C(N)=O)c3)ccnc2O1. The maximum absolute atomic E-state index is 13.1. The molecule has 3 heterocycles. The smallest absolute Gasteiger partial charge is 0.268 e. The van der Waals surface area contributed by atoms with Crippen molar-refractivity contribution in [3.63, 3.8) is 0 Å². The van der Waals surface area contributed by atoms with Crippen molar-refractivity contribution in [3.05, 3.63) is 65.9 Å². The lowest BCUT2D eigenvalue weighted by molar-refractivity contribution is -0.128. The molecular weight excluding hydrogens is 398 g/mol. The highest BCUT2D eigenvalue weighted by Gasteiger charge is 2.44. The summed E-state index contributed by atoms with van der Waals surface area (Å²) in [6.45, 7) is 1.88. The fourth-order valence-electron chi connectivity index (χ4n) is 3.79. The van der Waals surface area contributed by atoms with Crippen molar-refractivity contribution in [2.75, 3.05) is 12.1 Å². The number of fused-ring (bicyclic) bond motifs is 2. The van der Waals surface area contributed by atoms with Crippen LogP contribution in [0.2, 0.25) is 0 Å². The Kier molecular flexibility index (Phi) is 4.28. The number of amides is 2. The zero-order chi connectivity index (χ0) is 21.6. The van der Waals surface area contributed by atoms with Crippen LogP contribution in [0.15, 0.2) is 54.7 Å². The molecule has 2 aromatic carbocycles. The van der Waals surface area contributed by atoms with E-state index in [1.165, 1.54) is 0 Å². The molecular formula is C23H19N3O5. The fourth-order valence-corrected chi connectivity index (χ4v) is 3.79. The normalized spacial score (nSPS) is 18.2. The lowest BCUT2D eigenvalue weighted by Gasteiger charge is -2.22. The van der Waals surface area contributed by atoms with E-state index in [0.717, 1.165) is 16.7 Å². The Labute approximate surface area is 177 Å². The van der Waals surface area contributed by atoms with Gasteiger partial charge in [-0.05, 0) is 48.4 Å². The summed E-state index contributed by atoms with van der Waals surface area (Å²) in [5.41, 5.74) is 7.70. The average Bonchev–Trinajstić information content (AvgIpc) is 3.37. The van der Waals surface area contributed by atoms with Crippen LogP contribution in [0.3, 0.4) is 0 Å². The van der Waals surface area contributed by atoms with Gasteiger partial charge in [-0.25, -0.2) is 4.98 Å². The van der Waals surface area contributed by atoms with Crippen molar-refractivity contribution < 1.29 is 23.8 Å². The highest BCUT2D eigenvalue weighted by Crippen LogP contribution is 2.40. The zero-order valence-electron chi connectivity index (χ0n) is 16.7. The maximum atomic E-state index is 13.1. The maximum Gasteiger partial charge on any atom is 0.268 e. The number of benzene rings is 2. The molecule has 156 valence electrons. The molecule has 0 saturated carbocycles. The number of hydrogen-bond acceptors (Lipinski definition) is 6. The summed E-state index contributed by atoms with van der Waals surface area (Å²) < 4.78 is 16.7. The third-order valence-electron chi connectivity index (χ3n) is 5.42. The van der Waals surface area contributed by atoms with Gasteiger partial charge in [-0.3, -0.25) is 9.59 Å². The van der Waals surface area contributed by atoms with Crippen LogP contribution in [0, 0.1) is 0 Å². The minimum absolute atomic E-state index is 0.161. The second kappa shape index (κ2) is 7.02. The van der Waals surface area contributed by atoms with E-state index in [9.17, 15) is 9.59 Å². The molecule has 0 aliphatic carbocycles. The Morgan fingerprint density at radius 3 is 2.77 bits per heavy atom. The van der Waals surface area contributed by atoms with E-state index in [1.807, 2.05) is 12.1 Å². The van der Waals surface area contributed by atoms with E-state index in [2.05, 4.69) is 10.3 Å². The fraction of sp³-hybridized carbons (Fsp3) is 0.174. The molecule has 8 heteroatoms. The quantitative estimate of drug-likeness (QED) is 0.675. The number of nitrogens with one attached hydrogen (secondary N) is 1. The van der Waals surface area contributed by atoms with E-state index in [1.54, 1.807) is 49.5 Å². The highest BCUT2D eigenvalue weighted by atomic mass is 16.7. The molecule has 2 aliphatic heterocycles. The van der Waals surface area contributed by atoms with Gasteiger partial charge in [0.25, 0.3) is 5.91 Å². The lowest BCUT2D eigenvalue weighted by atomic mass is 9.92. The van der Waals surface area contributed by atoms with Crippen LogP contribution in [-0.2, 0) is 11.2 Å². The van der Waals surface area contributed by atoms with Gasteiger partial charge >= 0.3 is 0 Å². The van der Waals surface area contributed by atoms with E-state index in [4.69, 9.17) is 19.9 Å². The van der Waals surface area contributed by atoms with Crippen molar-refractivity contribution in [3.8, 4) is 28.5 Å². The van der Waals surface area contributed by atoms with Crippen LogP contribution in [0.25, 0.3) is 11.1 Å². The molecule has 5 rings (SSSR count). The lowest BCUT2D eigenvalue weighted by Crippen LogP contribution is -2.44. The number of aromatic nitrogens is 1.